The third kappa shape index (κ3) is 2.71. The van der Waals surface area contributed by atoms with E-state index in [4.69, 9.17) is 0 Å². The lowest BCUT2D eigenvalue weighted by molar-refractivity contribution is 0.285. The molecular weight excluding hydrogens is 172 g/mol. The van der Waals surface area contributed by atoms with Crippen LogP contribution in [0.3, 0.4) is 0 Å². The molecule has 2 aliphatic rings. The fourth-order valence-corrected chi connectivity index (χ4v) is 2.56. The molecule has 0 aromatic heterocycles. The molecule has 0 aromatic rings. The molecule has 2 N–H and O–H groups in total. The fraction of sp³-hybridized carbons (Fsp3) is 1.00. The summed E-state index contributed by atoms with van der Waals surface area (Å²) in [6.45, 7) is 5.93. The van der Waals surface area contributed by atoms with Crippen LogP contribution in [0.5, 0.6) is 0 Å². The van der Waals surface area contributed by atoms with Crippen molar-refractivity contribution in [2.75, 3.05) is 19.6 Å². The molecule has 1 heterocycles. The lowest BCUT2D eigenvalue weighted by atomic mass is 9.83. The van der Waals surface area contributed by atoms with E-state index in [9.17, 15) is 0 Å². The molecule has 0 spiro atoms. The highest BCUT2D eigenvalue weighted by Crippen LogP contribution is 2.28. The predicted molar refractivity (Wildman–Crippen MR) is 60.5 cm³/mol. The number of hydrogen-bond acceptors (Lipinski definition) is 2. The standard InChI is InChI=1S/C12H24N2/c1-12(7-3-8-14-12)10-13-9-6-11-4-2-5-11/h11,13-14H,2-10H2,1H3. The molecule has 14 heavy (non-hydrogen) atoms. The highest BCUT2D eigenvalue weighted by molar-refractivity contribution is 4.90. The quantitative estimate of drug-likeness (QED) is 0.656. The molecule has 1 aliphatic heterocycles. The lowest BCUT2D eigenvalue weighted by Crippen LogP contribution is -2.46. The van der Waals surface area contributed by atoms with Crippen molar-refractivity contribution in [3.05, 3.63) is 0 Å². The Kier molecular flexibility index (Phi) is 3.45. The van der Waals surface area contributed by atoms with Gasteiger partial charge in [-0.1, -0.05) is 19.3 Å². The molecule has 0 bridgehead atoms. The zero-order chi connectivity index (χ0) is 9.86. The van der Waals surface area contributed by atoms with Crippen LogP contribution in [0.4, 0.5) is 0 Å². The number of rotatable bonds is 5. The second-order valence-corrected chi connectivity index (χ2v) is 5.35. The Morgan fingerprint density at radius 3 is 2.79 bits per heavy atom. The first kappa shape index (κ1) is 10.4. The summed E-state index contributed by atoms with van der Waals surface area (Å²) in [4.78, 5) is 0. The van der Waals surface area contributed by atoms with Crippen molar-refractivity contribution >= 4 is 0 Å². The molecule has 0 aromatic carbocycles. The van der Waals surface area contributed by atoms with Gasteiger partial charge in [-0.25, -0.2) is 0 Å². The van der Waals surface area contributed by atoms with Crippen LogP contribution in [-0.2, 0) is 0 Å². The second kappa shape index (κ2) is 4.63. The topological polar surface area (TPSA) is 24.1 Å². The van der Waals surface area contributed by atoms with E-state index >= 15 is 0 Å². The Labute approximate surface area is 87.8 Å². The van der Waals surface area contributed by atoms with Crippen LogP contribution in [0, 0.1) is 5.92 Å². The van der Waals surface area contributed by atoms with Crippen molar-refractivity contribution in [1.82, 2.24) is 10.6 Å². The van der Waals surface area contributed by atoms with Gasteiger partial charge in [-0.2, -0.15) is 0 Å². The highest BCUT2D eigenvalue weighted by Gasteiger charge is 2.27. The van der Waals surface area contributed by atoms with E-state index in [-0.39, 0.29) is 0 Å². The average Bonchev–Trinajstić information content (AvgIpc) is 2.49. The first-order valence-electron chi connectivity index (χ1n) is 6.24. The van der Waals surface area contributed by atoms with Gasteiger partial charge in [0.2, 0.25) is 0 Å². The lowest BCUT2D eigenvalue weighted by Gasteiger charge is -2.28. The Bertz CT molecular complexity index is 169. The van der Waals surface area contributed by atoms with Gasteiger partial charge in [0.15, 0.2) is 0 Å². The summed E-state index contributed by atoms with van der Waals surface area (Å²) in [7, 11) is 0. The van der Waals surface area contributed by atoms with Crippen LogP contribution in [0.15, 0.2) is 0 Å². The molecule has 1 saturated heterocycles. The van der Waals surface area contributed by atoms with Crippen molar-refractivity contribution in [3.63, 3.8) is 0 Å². The van der Waals surface area contributed by atoms with Crippen molar-refractivity contribution in [2.45, 2.75) is 51.0 Å². The molecule has 2 nitrogen and oxygen atoms in total. The van der Waals surface area contributed by atoms with Crippen LogP contribution in [0.25, 0.3) is 0 Å². The highest BCUT2D eigenvalue weighted by atomic mass is 15.0. The van der Waals surface area contributed by atoms with Crippen molar-refractivity contribution < 1.29 is 0 Å². The molecule has 1 aliphatic carbocycles. The van der Waals surface area contributed by atoms with E-state index in [1.807, 2.05) is 0 Å². The van der Waals surface area contributed by atoms with E-state index in [1.54, 1.807) is 0 Å². The van der Waals surface area contributed by atoms with Gasteiger partial charge in [-0.05, 0) is 45.2 Å². The van der Waals surface area contributed by atoms with Crippen LogP contribution >= 0.6 is 0 Å². The molecule has 2 rings (SSSR count). The monoisotopic (exact) mass is 196 g/mol. The summed E-state index contributed by atoms with van der Waals surface area (Å²) in [5.41, 5.74) is 0.389. The molecule has 0 radical (unpaired) electrons. The smallest absolute Gasteiger partial charge is 0.0278 e. The van der Waals surface area contributed by atoms with Crippen molar-refractivity contribution in [1.29, 1.82) is 0 Å². The molecule has 2 heteroatoms. The maximum Gasteiger partial charge on any atom is 0.0278 e. The van der Waals surface area contributed by atoms with E-state index in [0.29, 0.717) is 5.54 Å². The van der Waals surface area contributed by atoms with Gasteiger partial charge >= 0.3 is 0 Å². The molecular formula is C12H24N2. The summed E-state index contributed by atoms with van der Waals surface area (Å²) < 4.78 is 0. The minimum atomic E-state index is 0.389. The summed E-state index contributed by atoms with van der Waals surface area (Å²) in [6, 6.07) is 0. The third-order valence-electron chi connectivity index (χ3n) is 3.93. The van der Waals surface area contributed by atoms with Crippen LogP contribution in [0.2, 0.25) is 0 Å². The van der Waals surface area contributed by atoms with Gasteiger partial charge < -0.3 is 10.6 Å². The van der Waals surface area contributed by atoms with E-state index in [1.165, 1.54) is 51.6 Å². The average molecular weight is 196 g/mol. The van der Waals surface area contributed by atoms with Crippen molar-refractivity contribution in [3.8, 4) is 0 Å². The number of nitrogens with one attached hydrogen (secondary N) is 2. The van der Waals surface area contributed by atoms with Crippen LogP contribution in [0.1, 0.15) is 45.4 Å². The third-order valence-corrected chi connectivity index (χ3v) is 3.93. The second-order valence-electron chi connectivity index (χ2n) is 5.35. The van der Waals surface area contributed by atoms with Crippen LogP contribution < -0.4 is 10.6 Å². The normalized spacial score (nSPS) is 33.2. The summed E-state index contributed by atoms with van der Waals surface area (Å²) in [5, 5.41) is 7.19. The first-order valence-corrected chi connectivity index (χ1v) is 6.24. The van der Waals surface area contributed by atoms with E-state index in [2.05, 4.69) is 17.6 Å². The molecule has 82 valence electrons. The predicted octanol–water partition coefficient (Wildman–Crippen LogP) is 1.91. The summed E-state index contributed by atoms with van der Waals surface area (Å²) in [5.74, 6) is 1.05. The zero-order valence-electron chi connectivity index (χ0n) is 9.44. The Hall–Kier alpha value is -0.0800. The number of hydrogen-bond donors (Lipinski definition) is 2. The van der Waals surface area contributed by atoms with Gasteiger partial charge in [-0.15, -0.1) is 0 Å². The Balaban J connectivity index is 1.53. The first-order chi connectivity index (χ1) is 6.79. The minimum absolute atomic E-state index is 0.389. The van der Waals surface area contributed by atoms with Gasteiger partial charge in [0.1, 0.15) is 0 Å². The fourth-order valence-electron chi connectivity index (χ4n) is 2.56. The van der Waals surface area contributed by atoms with E-state index < -0.39 is 0 Å². The van der Waals surface area contributed by atoms with Gasteiger partial charge in [0.25, 0.3) is 0 Å². The summed E-state index contributed by atoms with van der Waals surface area (Å²) in [6.07, 6.45) is 8.53. The van der Waals surface area contributed by atoms with Gasteiger partial charge in [0, 0.05) is 12.1 Å². The Morgan fingerprint density at radius 2 is 2.21 bits per heavy atom. The maximum atomic E-state index is 3.60. The van der Waals surface area contributed by atoms with Gasteiger partial charge in [-0.3, -0.25) is 0 Å². The molecule has 2 fully saturated rings. The minimum Gasteiger partial charge on any atom is -0.315 e. The van der Waals surface area contributed by atoms with Gasteiger partial charge in [0.05, 0.1) is 0 Å². The maximum absolute atomic E-state index is 3.60. The van der Waals surface area contributed by atoms with Crippen LogP contribution in [-0.4, -0.2) is 25.2 Å². The molecule has 1 atom stereocenters. The Morgan fingerprint density at radius 1 is 1.36 bits per heavy atom. The van der Waals surface area contributed by atoms with E-state index in [0.717, 1.165) is 12.5 Å². The molecule has 1 saturated carbocycles. The molecule has 0 amide bonds. The zero-order valence-corrected chi connectivity index (χ0v) is 9.44. The SMILES string of the molecule is CC1(CNCCC2CCC2)CCCN1. The molecule has 1 unspecified atom stereocenters. The summed E-state index contributed by atoms with van der Waals surface area (Å²) >= 11 is 0. The largest absolute Gasteiger partial charge is 0.315 e. The van der Waals surface area contributed by atoms with Crippen molar-refractivity contribution in [2.24, 2.45) is 5.92 Å².